The number of carbonyl (C=O) groups is 3. The summed E-state index contributed by atoms with van der Waals surface area (Å²) in [4.78, 5) is 37.6. The van der Waals surface area contributed by atoms with Gasteiger partial charge in [-0.3, -0.25) is 9.59 Å². The summed E-state index contributed by atoms with van der Waals surface area (Å²) in [6.07, 6.45) is 101. The largest absolute Gasteiger partial charge is 0.477 e. The molecule has 9 nitrogen and oxygen atoms in total. The van der Waals surface area contributed by atoms with Crippen molar-refractivity contribution in [3.05, 3.63) is 207 Å². The first-order chi connectivity index (χ1) is 42.6. The van der Waals surface area contributed by atoms with Gasteiger partial charge in [0.15, 0.2) is 6.10 Å². The van der Waals surface area contributed by atoms with Crippen LogP contribution < -0.4 is 0 Å². The lowest BCUT2D eigenvalue weighted by molar-refractivity contribution is -0.870. The SMILES string of the molecule is CC/C=C\C/C=C\C/C=C\C/C=C\C/C=C\C/C=C\C/C=C\C/C=C\C/C=C\C/C=C\C/C=C\CCCCCC(=O)OC(COC(=O)CCCCCCCC/C=C\C/C=C\C/C=C\C/C=C\C/C=C\C/C=C\CC)COC(OCC[N+](C)(C)C)C(=O)O. The summed E-state index contributed by atoms with van der Waals surface area (Å²) in [5, 5.41) is 9.73. The molecule has 2 unspecified atom stereocenters. The number of carboxylic acids is 1. The molecule has 0 rings (SSSR count). The summed E-state index contributed by atoms with van der Waals surface area (Å²) in [6, 6.07) is 0. The molecule has 0 aliphatic rings. The Labute approximate surface area is 531 Å². The average Bonchev–Trinajstić information content (AvgIpc) is 3.57. The molecule has 0 bridgehead atoms. The zero-order valence-corrected chi connectivity index (χ0v) is 55.1. The summed E-state index contributed by atoms with van der Waals surface area (Å²) in [6.45, 7) is 4.55. The lowest BCUT2D eigenvalue weighted by Crippen LogP contribution is -2.40. The number of ether oxygens (including phenoxy) is 4. The van der Waals surface area contributed by atoms with Crippen LogP contribution in [-0.2, 0) is 33.3 Å². The highest BCUT2D eigenvalue weighted by molar-refractivity contribution is 5.71. The maximum absolute atomic E-state index is 12.9. The summed E-state index contributed by atoms with van der Waals surface area (Å²) < 4.78 is 22.9. The molecule has 0 radical (unpaired) electrons. The van der Waals surface area contributed by atoms with E-state index in [1.54, 1.807) is 0 Å². The number of likely N-dealkylation sites (N-methyl/N-ethyl adjacent to an activating group) is 1. The van der Waals surface area contributed by atoms with Crippen LogP contribution in [0.15, 0.2) is 207 Å². The van der Waals surface area contributed by atoms with Crippen molar-refractivity contribution in [1.82, 2.24) is 0 Å². The molecule has 87 heavy (non-hydrogen) atoms. The first-order valence-corrected chi connectivity index (χ1v) is 33.2. The standard InChI is InChI=1S/C78H119NO8/c1-6-8-10-12-14-16-18-20-22-24-26-28-30-32-33-34-35-36-37-38-39-40-41-42-43-45-47-49-51-53-55-57-59-61-63-65-67-69-76(81)87-74(73-86-78(77(82)83)84-71-70-79(3,4)5)72-85-75(80)68-66-64-62-60-58-56-54-52-50-48-46-44-31-29-27-25-23-21-19-17-15-13-11-9-7-2/h8-11,14-17,20-23,26-29,32-33,35-36,38-39,41-42,44-47,50-53,57,59,74,78H,6-7,12-13,18-19,24-25,30-31,34,37,40,43,48-49,54-56,58,60-73H2,1-5H3/p+1/b10-8-,11-9-,16-14-,17-15-,22-20-,23-21-,28-26-,29-27-,33-32-,36-35-,39-38-,42-41-,46-44-,47-45-,52-50-,53-51-,59-57-. The molecule has 1 N–H and O–H groups in total. The lowest BCUT2D eigenvalue weighted by atomic mass is 10.1. The van der Waals surface area contributed by atoms with Crippen LogP contribution in [0, 0.1) is 0 Å². The minimum atomic E-state index is -1.54. The molecule has 2 atom stereocenters. The summed E-state index contributed by atoms with van der Waals surface area (Å²) in [7, 11) is 5.94. The second kappa shape index (κ2) is 65.8. The minimum absolute atomic E-state index is 0.165. The van der Waals surface area contributed by atoms with E-state index in [1.165, 1.54) is 0 Å². The number of rotatable bonds is 58. The lowest BCUT2D eigenvalue weighted by Gasteiger charge is -2.25. The third-order valence-electron chi connectivity index (χ3n) is 13.0. The number of hydrogen-bond donors (Lipinski definition) is 1. The fraction of sp³-hybridized carbons (Fsp3) is 0.526. The molecule has 0 amide bonds. The number of nitrogens with zero attached hydrogens (tertiary/aromatic N) is 1. The van der Waals surface area contributed by atoms with Gasteiger partial charge in [0.05, 0.1) is 34.4 Å². The second-order valence-corrected chi connectivity index (χ2v) is 22.3. The van der Waals surface area contributed by atoms with Crippen molar-refractivity contribution in [2.24, 2.45) is 0 Å². The monoisotopic (exact) mass is 1200 g/mol. The third kappa shape index (κ3) is 67.2. The molecule has 0 spiro atoms. The minimum Gasteiger partial charge on any atom is -0.477 e. The Kier molecular flexibility index (Phi) is 61.2. The van der Waals surface area contributed by atoms with E-state index in [9.17, 15) is 19.5 Å². The van der Waals surface area contributed by atoms with Gasteiger partial charge in [0.2, 0.25) is 0 Å². The van der Waals surface area contributed by atoms with E-state index in [0.717, 1.165) is 167 Å². The number of allylic oxidation sites excluding steroid dienone is 34. The zero-order valence-electron chi connectivity index (χ0n) is 55.1. The van der Waals surface area contributed by atoms with Crippen molar-refractivity contribution in [1.29, 1.82) is 0 Å². The molecule has 0 heterocycles. The molecule has 0 aliphatic heterocycles. The number of hydrogen-bond acceptors (Lipinski definition) is 7. The van der Waals surface area contributed by atoms with Crippen LogP contribution in [0.4, 0.5) is 0 Å². The van der Waals surface area contributed by atoms with Crippen LogP contribution in [0.2, 0.25) is 0 Å². The van der Waals surface area contributed by atoms with Gasteiger partial charge in [0, 0.05) is 12.8 Å². The molecule has 0 aromatic rings. The molecular formula is C78H120NO8+. The quantitative estimate of drug-likeness (QED) is 0.0211. The second-order valence-electron chi connectivity index (χ2n) is 22.3. The summed E-state index contributed by atoms with van der Waals surface area (Å²) in [5.74, 6) is -2.10. The smallest absolute Gasteiger partial charge is 0.361 e. The highest BCUT2D eigenvalue weighted by atomic mass is 16.7. The molecule has 0 saturated carbocycles. The Morgan fingerprint density at radius 2 is 0.621 bits per heavy atom. The van der Waals surface area contributed by atoms with Crippen LogP contribution in [0.5, 0.6) is 0 Å². The first kappa shape index (κ1) is 80.9. The van der Waals surface area contributed by atoms with E-state index in [1.807, 2.05) is 21.1 Å². The number of aliphatic carboxylic acids is 1. The Bertz CT molecular complexity index is 2180. The van der Waals surface area contributed by atoms with Crippen LogP contribution in [0.1, 0.15) is 206 Å². The van der Waals surface area contributed by atoms with Gasteiger partial charge in [-0.1, -0.05) is 253 Å². The molecule has 484 valence electrons. The topological polar surface area (TPSA) is 108 Å². The first-order valence-electron chi connectivity index (χ1n) is 33.2. The fourth-order valence-electron chi connectivity index (χ4n) is 8.02. The Morgan fingerprint density at radius 1 is 0.345 bits per heavy atom. The summed E-state index contributed by atoms with van der Waals surface area (Å²) >= 11 is 0. The zero-order chi connectivity index (χ0) is 63.3. The van der Waals surface area contributed by atoms with E-state index in [0.29, 0.717) is 23.9 Å². The van der Waals surface area contributed by atoms with Gasteiger partial charge in [-0.25, -0.2) is 4.79 Å². The highest BCUT2D eigenvalue weighted by Gasteiger charge is 2.25. The Morgan fingerprint density at radius 3 is 0.931 bits per heavy atom. The molecular weight excluding hydrogens is 1080 g/mol. The van der Waals surface area contributed by atoms with Crippen LogP contribution in [-0.4, -0.2) is 87.4 Å². The number of quaternary nitrogens is 1. The molecule has 0 saturated heterocycles. The predicted molar refractivity (Wildman–Crippen MR) is 372 cm³/mol. The van der Waals surface area contributed by atoms with Crippen molar-refractivity contribution >= 4 is 17.9 Å². The molecule has 0 aromatic heterocycles. The number of unbranched alkanes of at least 4 members (excludes halogenated alkanes) is 9. The van der Waals surface area contributed by atoms with Crippen LogP contribution in [0.25, 0.3) is 0 Å². The maximum atomic E-state index is 12.9. The van der Waals surface area contributed by atoms with Crippen molar-refractivity contribution < 1.29 is 42.9 Å². The van der Waals surface area contributed by atoms with Crippen molar-refractivity contribution in [3.8, 4) is 0 Å². The predicted octanol–water partition coefficient (Wildman–Crippen LogP) is 20.8. The molecule has 0 aromatic carbocycles. The van der Waals surface area contributed by atoms with Gasteiger partial charge in [0.25, 0.3) is 6.29 Å². The number of carbonyl (C=O) groups excluding carboxylic acids is 2. The van der Waals surface area contributed by atoms with E-state index in [4.69, 9.17) is 18.9 Å². The van der Waals surface area contributed by atoms with E-state index >= 15 is 0 Å². The van der Waals surface area contributed by atoms with Crippen molar-refractivity contribution in [2.45, 2.75) is 219 Å². The fourth-order valence-corrected chi connectivity index (χ4v) is 8.02. The van der Waals surface area contributed by atoms with Gasteiger partial charge >= 0.3 is 17.9 Å². The van der Waals surface area contributed by atoms with E-state index in [2.05, 4.69) is 220 Å². The normalized spacial score (nSPS) is 14.1. The molecule has 0 aliphatic carbocycles. The van der Waals surface area contributed by atoms with Gasteiger partial charge in [-0.2, -0.15) is 0 Å². The average molecular weight is 1200 g/mol. The van der Waals surface area contributed by atoms with E-state index < -0.39 is 24.3 Å². The van der Waals surface area contributed by atoms with Crippen LogP contribution >= 0.6 is 0 Å². The molecule has 9 heteroatoms. The third-order valence-corrected chi connectivity index (χ3v) is 13.0. The Balaban J connectivity index is 4.35. The molecule has 0 fully saturated rings. The summed E-state index contributed by atoms with van der Waals surface area (Å²) in [5.41, 5.74) is 0. The van der Waals surface area contributed by atoms with Gasteiger partial charge in [-0.05, 0) is 148 Å². The van der Waals surface area contributed by atoms with Crippen LogP contribution in [0.3, 0.4) is 0 Å². The number of esters is 2. The van der Waals surface area contributed by atoms with Gasteiger partial charge in [-0.15, -0.1) is 0 Å². The van der Waals surface area contributed by atoms with Gasteiger partial charge < -0.3 is 28.5 Å². The maximum Gasteiger partial charge on any atom is 0.361 e. The van der Waals surface area contributed by atoms with Crippen molar-refractivity contribution in [3.63, 3.8) is 0 Å². The van der Waals surface area contributed by atoms with Crippen molar-refractivity contribution in [2.75, 3.05) is 47.5 Å². The Hall–Kier alpha value is -6.13. The van der Waals surface area contributed by atoms with E-state index in [-0.39, 0.29) is 38.6 Å². The highest BCUT2D eigenvalue weighted by Crippen LogP contribution is 2.13. The number of carboxylic acid groups (broad SMARTS) is 1. The van der Waals surface area contributed by atoms with Gasteiger partial charge in [0.1, 0.15) is 13.2 Å².